The molecule has 82 valence electrons. The summed E-state index contributed by atoms with van der Waals surface area (Å²) in [5.74, 6) is 0.173. The number of nitrogens with one attached hydrogen (secondary N) is 1. The molecule has 2 nitrogen and oxygen atoms in total. The highest BCUT2D eigenvalue weighted by molar-refractivity contribution is 5.99. The van der Waals surface area contributed by atoms with Crippen LogP contribution in [0, 0.1) is 0 Å². The standard InChI is InChI=1S/C13H19NO/c1-4-11-7-6-8-12(9-11)13(15)10(3)14-5-2/h6-10,14H,4-5H2,1-3H3/t10-/m1/s1. The lowest BCUT2D eigenvalue weighted by Crippen LogP contribution is -2.33. The fourth-order valence-electron chi connectivity index (χ4n) is 1.59. The Bertz CT molecular complexity index is 333. The zero-order valence-electron chi connectivity index (χ0n) is 9.71. The average molecular weight is 205 g/mol. The first-order chi connectivity index (χ1) is 7.19. The van der Waals surface area contributed by atoms with Crippen molar-refractivity contribution >= 4 is 5.78 Å². The van der Waals surface area contributed by atoms with Gasteiger partial charge in [0.05, 0.1) is 6.04 Å². The van der Waals surface area contributed by atoms with E-state index in [1.165, 1.54) is 5.56 Å². The number of likely N-dealkylation sites (N-methyl/N-ethyl adjacent to an activating group) is 1. The zero-order valence-corrected chi connectivity index (χ0v) is 9.71. The van der Waals surface area contributed by atoms with Gasteiger partial charge in [0, 0.05) is 5.56 Å². The van der Waals surface area contributed by atoms with E-state index in [1.54, 1.807) is 0 Å². The highest BCUT2D eigenvalue weighted by Gasteiger charge is 2.13. The maximum Gasteiger partial charge on any atom is 0.179 e. The Labute approximate surface area is 91.7 Å². The number of Topliss-reactive ketones (excluding diaryl/α,β-unsaturated/α-hetero) is 1. The molecule has 0 radical (unpaired) electrons. The van der Waals surface area contributed by atoms with Gasteiger partial charge in [-0.3, -0.25) is 4.79 Å². The number of hydrogen-bond donors (Lipinski definition) is 1. The molecule has 1 rings (SSSR count). The van der Waals surface area contributed by atoms with Crippen molar-refractivity contribution in [2.45, 2.75) is 33.2 Å². The van der Waals surface area contributed by atoms with Crippen LogP contribution < -0.4 is 5.32 Å². The Morgan fingerprint density at radius 3 is 2.73 bits per heavy atom. The van der Waals surface area contributed by atoms with Gasteiger partial charge in [0.2, 0.25) is 0 Å². The summed E-state index contributed by atoms with van der Waals surface area (Å²) in [4.78, 5) is 11.9. The molecule has 0 amide bonds. The first-order valence-corrected chi connectivity index (χ1v) is 5.55. The summed E-state index contributed by atoms with van der Waals surface area (Å²) in [7, 11) is 0. The molecule has 0 aliphatic rings. The molecule has 0 saturated carbocycles. The summed E-state index contributed by atoms with van der Waals surface area (Å²) in [5.41, 5.74) is 2.02. The van der Waals surface area contributed by atoms with Crippen molar-refractivity contribution in [1.82, 2.24) is 5.32 Å². The van der Waals surface area contributed by atoms with Crippen molar-refractivity contribution in [3.63, 3.8) is 0 Å². The molecule has 0 heterocycles. The Kier molecular flexibility index (Phi) is 4.50. The van der Waals surface area contributed by atoms with Crippen LogP contribution in [0.2, 0.25) is 0 Å². The lowest BCUT2D eigenvalue weighted by Gasteiger charge is -2.11. The lowest BCUT2D eigenvalue weighted by molar-refractivity contribution is 0.0952. The lowest BCUT2D eigenvalue weighted by atomic mass is 10.0. The number of carbonyl (C=O) groups excluding carboxylic acids is 1. The number of hydrogen-bond acceptors (Lipinski definition) is 2. The molecule has 0 aliphatic carbocycles. The molecule has 0 aromatic heterocycles. The highest BCUT2D eigenvalue weighted by atomic mass is 16.1. The van der Waals surface area contributed by atoms with Crippen LogP contribution in [0.4, 0.5) is 0 Å². The third kappa shape index (κ3) is 3.17. The van der Waals surface area contributed by atoms with Crippen molar-refractivity contribution in [3.05, 3.63) is 35.4 Å². The van der Waals surface area contributed by atoms with E-state index in [-0.39, 0.29) is 11.8 Å². The molecule has 0 fully saturated rings. The van der Waals surface area contributed by atoms with Crippen molar-refractivity contribution in [2.75, 3.05) is 6.54 Å². The highest BCUT2D eigenvalue weighted by Crippen LogP contribution is 2.08. The maximum absolute atomic E-state index is 11.9. The van der Waals surface area contributed by atoms with Gasteiger partial charge in [-0.2, -0.15) is 0 Å². The van der Waals surface area contributed by atoms with E-state index in [2.05, 4.69) is 18.3 Å². The zero-order chi connectivity index (χ0) is 11.3. The second-order valence-electron chi connectivity index (χ2n) is 3.70. The van der Waals surface area contributed by atoms with Gasteiger partial charge in [0.25, 0.3) is 0 Å². The van der Waals surface area contributed by atoms with Crippen LogP contribution in [0.25, 0.3) is 0 Å². The largest absolute Gasteiger partial charge is 0.308 e. The van der Waals surface area contributed by atoms with E-state index >= 15 is 0 Å². The molecule has 0 saturated heterocycles. The van der Waals surface area contributed by atoms with Crippen LogP contribution in [0.15, 0.2) is 24.3 Å². The monoisotopic (exact) mass is 205 g/mol. The maximum atomic E-state index is 11.9. The van der Waals surface area contributed by atoms with Crippen LogP contribution in [0.3, 0.4) is 0 Å². The molecule has 0 aliphatic heterocycles. The third-order valence-electron chi connectivity index (χ3n) is 2.52. The molecule has 1 atom stereocenters. The first kappa shape index (κ1) is 11.9. The molecular weight excluding hydrogens is 186 g/mol. The van der Waals surface area contributed by atoms with Gasteiger partial charge in [-0.1, -0.05) is 32.0 Å². The normalized spacial score (nSPS) is 12.5. The minimum Gasteiger partial charge on any atom is -0.308 e. The van der Waals surface area contributed by atoms with E-state index < -0.39 is 0 Å². The van der Waals surface area contributed by atoms with Crippen LogP contribution >= 0.6 is 0 Å². The Hall–Kier alpha value is -1.15. The number of benzene rings is 1. The number of aryl methyl sites for hydroxylation is 1. The average Bonchev–Trinajstić information content (AvgIpc) is 2.28. The van der Waals surface area contributed by atoms with E-state index in [9.17, 15) is 4.79 Å². The summed E-state index contributed by atoms with van der Waals surface area (Å²) in [6.07, 6.45) is 0.969. The number of rotatable bonds is 5. The van der Waals surface area contributed by atoms with Crippen molar-refractivity contribution in [3.8, 4) is 0 Å². The SMILES string of the molecule is CCN[C@H](C)C(=O)c1cccc(CC)c1. The third-order valence-corrected chi connectivity index (χ3v) is 2.52. The Balaban J connectivity index is 2.81. The van der Waals surface area contributed by atoms with Crippen LogP contribution in [0.5, 0.6) is 0 Å². The van der Waals surface area contributed by atoms with Crippen LogP contribution in [-0.4, -0.2) is 18.4 Å². The molecule has 2 heteroatoms. The minimum absolute atomic E-state index is 0.0953. The molecule has 0 unspecified atom stereocenters. The topological polar surface area (TPSA) is 29.1 Å². The summed E-state index contributed by atoms with van der Waals surface area (Å²) in [5, 5.41) is 3.13. The predicted molar refractivity (Wildman–Crippen MR) is 63.3 cm³/mol. The molecule has 1 aromatic carbocycles. The minimum atomic E-state index is -0.0953. The smallest absolute Gasteiger partial charge is 0.179 e. The first-order valence-electron chi connectivity index (χ1n) is 5.55. The van der Waals surface area contributed by atoms with Crippen LogP contribution in [-0.2, 0) is 6.42 Å². The van der Waals surface area contributed by atoms with Gasteiger partial charge in [-0.05, 0) is 31.5 Å². The van der Waals surface area contributed by atoms with Gasteiger partial charge in [0.15, 0.2) is 5.78 Å². The molecule has 0 spiro atoms. The van der Waals surface area contributed by atoms with Gasteiger partial charge in [0.1, 0.15) is 0 Å². The second-order valence-corrected chi connectivity index (χ2v) is 3.70. The summed E-state index contributed by atoms with van der Waals surface area (Å²) >= 11 is 0. The summed E-state index contributed by atoms with van der Waals surface area (Å²) in [6, 6.07) is 7.77. The van der Waals surface area contributed by atoms with Gasteiger partial charge in [-0.25, -0.2) is 0 Å². The predicted octanol–water partition coefficient (Wildman–Crippen LogP) is 2.43. The number of carbonyl (C=O) groups is 1. The quantitative estimate of drug-likeness (QED) is 0.748. The van der Waals surface area contributed by atoms with E-state index in [1.807, 2.05) is 32.0 Å². The van der Waals surface area contributed by atoms with Crippen molar-refractivity contribution in [1.29, 1.82) is 0 Å². The Morgan fingerprint density at radius 2 is 2.13 bits per heavy atom. The van der Waals surface area contributed by atoms with Crippen LogP contribution in [0.1, 0.15) is 36.7 Å². The molecule has 15 heavy (non-hydrogen) atoms. The van der Waals surface area contributed by atoms with Gasteiger partial charge in [-0.15, -0.1) is 0 Å². The summed E-state index contributed by atoms with van der Waals surface area (Å²) in [6.45, 7) is 6.83. The van der Waals surface area contributed by atoms with Gasteiger partial charge < -0.3 is 5.32 Å². The molecule has 1 aromatic rings. The van der Waals surface area contributed by atoms with Crippen molar-refractivity contribution in [2.24, 2.45) is 0 Å². The second kappa shape index (κ2) is 5.66. The molecule has 1 N–H and O–H groups in total. The fourth-order valence-corrected chi connectivity index (χ4v) is 1.59. The van der Waals surface area contributed by atoms with E-state index in [0.29, 0.717) is 0 Å². The number of ketones is 1. The Morgan fingerprint density at radius 1 is 1.40 bits per heavy atom. The van der Waals surface area contributed by atoms with E-state index in [4.69, 9.17) is 0 Å². The van der Waals surface area contributed by atoms with Gasteiger partial charge >= 0.3 is 0 Å². The summed E-state index contributed by atoms with van der Waals surface area (Å²) < 4.78 is 0. The van der Waals surface area contributed by atoms with Crippen molar-refractivity contribution < 1.29 is 4.79 Å². The fraction of sp³-hybridized carbons (Fsp3) is 0.462. The molecular formula is C13H19NO. The van der Waals surface area contributed by atoms with E-state index in [0.717, 1.165) is 18.5 Å². The molecule has 0 bridgehead atoms.